The zero-order valence-electron chi connectivity index (χ0n) is 16.3. The maximum atomic E-state index is 12.4. The van der Waals surface area contributed by atoms with Crippen molar-refractivity contribution in [1.29, 1.82) is 0 Å². The monoisotopic (exact) mass is 400 g/mol. The molecule has 2 N–H and O–H groups in total. The number of hydrogen-bond acceptors (Lipinski definition) is 4. The molecule has 0 spiro atoms. The van der Waals surface area contributed by atoms with Crippen LogP contribution in [0.15, 0.2) is 79.0 Å². The molecule has 0 unspecified atom stereocenters. The summed E-state index contributed by atoms with van der Waals surface area (Å²) in [5.41, 5.74) is 4.31. The van der Waals surface area contributed by atoms with E-state index < -0.39 is 6.09 Å². The Hall–Kier alpha value is -4.13. The van der Waals surface area contributed by atoms with Crippen molar-refractivity contribution < 1.29 is 14.3 Å². The number of fused-ring (bicyclic) bond motifs is 1. The number of anilines is 1. The molecule has 0 aliphatic carbocycles. The van der Waals surface area contributed by atoms with E-state index in [1.165, 1.54) is 13.3 Å². The molecule has 2 amide bonds. The van der Waals surface area contributed by atoms with Gasteiger partial charge in [-0.1, -0.05) is 54.6 Å². The predicted octanol–water partition coefficient (Wildman–Crippen LogP) is 4.64. The van der Waals surface area contributed by atoms with E-state index in [1.807, 2.05) is 48.5 Å². The summed E-state index contributed by atoms with van der Waals surface area (Å²) < 4.78 is 5.86. The fourth-order valence-electron chi connectivity index (χ4n) is 3.23. The Morgan fingerprint density at radius 1 is 0.967 bits per heavy atom. The van der Waals surface area contributed by atoms with Crippen LogP contribution in [0.1, 0.15) is 5.56 Å². The molecule has 0 saturated carbocycles. The number of methoxy groups -OCH3 is 1. The van der Waals surface area contributed by atoms with Gasteiger partial charge in [-0.15, -0.1) is 0 Å². The number of carbonyl (C=O) groups is 2. The van der Waals surface area contributed by atoms with Gasteiger partial charge in [-0.3, -0.25) is 0 Å². The van der Waals surface area contributed by atoms with Crippen LogP contribution in [0.3, 0.4) is 0 Å². The number of nitrogens with zero attached hydrogens (tertiary/aromatic N) is 2. The van der Waals surface area contributed by atoms with Crippen molar-refractivity contribution in [3.05, 3.63) is 84.6 Å². The quantitative estimate of drug-likeness (QED) is 0.523. The largest absolute Gasteiger partial charge is 0.451 e. The number of rotatable bonds is 4. The third kappa shape index (κ3) is 4.00. The molecule has 0 bridgehead atoms. The third-order valence-corrected chi connectivity index (χ3v) is 4.70. The van der Waals surface area contributed by atoms with Crippen LogP contribution in [0, 0.1) is 0 Å². The van der Waals surface area contributed by atoms with Gasteiger partial charge in [0.25, 0.3) is 0 Å². The zero-order chi connectivity index (χ0) is 20.9. The number of carbonyl (C=O) groups excluding carboxylic acids is 2. The fraction of sp³-hybridized carbons (Fsp3) is 0.0870. The average molecular weight is 400 g/mol. The number of amides is 2. The van der Waals surface area contributed by atoms with Crippen LogP contribution in [-0.4, -0.2) is 29.0 Å². The minimum atomic E-state index is -0.593. The van der Waals surface area contributed by atoms with Gasteiger partial charge >= 0.3 is 12.1 Å². The molecule has 0 aliphatic rings. The smallest absolute Gasteiger partial charge is 0.434 e. The first kappa shape index (κ1) is 19.2. The first-order chi connectivity index (χ1) is 14.7. The number of nitrogens with one attached hydrogen (secondary N) is 2. The molecule has 0 saturated heterocycles. The Balaban J connectivity index is 1.45. The highest BCUT2D eigenvalue weighted by atomic mass is 16.5. The van der Waals surface area contributed by atoms with Crippen LogP contribution in [0.5, 0.6) is 0 Å². The summed E-state index contributed by atoms with van der Waals surface area (Å²) in [7, 11) is 1.29. The maximum Gasteiger partial charge on any atom is 0.434 e. The average Bonchev–Trinajstić information content (AvgIpc) is 3.23. The summed E-state index contributed by atoms with van der Waals surface area (Å²) in [5, 5.41) is 10.4. The van der Waals surface area contributed by atoms with Crippen molar-refractivity contribution in [2.24, 2.45) is 0 Å². The lowest BCUT2D eigenvalue weighted by Gasteiger charge is -2.10. The second kappa shape index (κ2) is 8.48. The molecule has 7 heteroatoms. The first-order valence-corrected chi connectivity index (χ1v) is 9.40. The van der Waals surface area contributed by atoms with Crippen molar-refractivity contribution in [2.75, 3.05) is 12.4 Å². The summed E-state index contributed by atoms with van der Waals surface area (Å²) in [4.78, 5) is 24.2. The van der Waals surface area contributed by atoms with Gasteiger partial charge < -0.3 is 15.4 Å². The van der Waals surface area contributed by atoms with Gasteiger partial charge in [0.15, 0.2) is 0 Å². The molecule has 30 heavy (non-hydrogen) atoms. The van der Waals surface area contributed by atoms with Gasteiger partial charge in [0.05, 0.1) is 24.5 Å². The van der Waals surface area contributed by atoms with E-state index in [0.717, 1.165) is 21.4 Å². The highest BCUT2D eigenvalue weighted by molar-refractivity contribution is 6.02. The standard InChI is InChI=1S/C23H20N4O3/c1-30-23(29)27-21-12-6-11-20(19(21)15-25-27)26-22(28)24-14-16-7-5-10-18(13-16)17-8-3-2-4-9-17/h2-13,15H,14H2,1H3,(H2,24,26,28). The van der Waals surface area contributed by atoms with Gasteiger partial charge in [0.1, 0.15) is 0 Å². The number of hydrogen-bond donors (Lipinski definition) is 2. The van der Waals surface area contributed by atoms with Crippen molar-refractivity contribution in [1.82, 2.24) is 15.1 Å². The lowest BCUT2D eigenvalue weighted by atomic mass is 10.0. The summed E-state index contributed by atoms with van der Waals surface area (Å²) in [6, 6.07) is 23.0. The molecule has 150 valence electrons. The van der Waals surface area contributed by atoms with Gasteiger partial charge in [-0.05, 0) is 34.9 Å². The molecule has 0 fully saturated rings. The summed E-state index contributed by atoms with van der Waals surface area (Å²) in [6.45, 7) is 0.379. The second-order valence-electron chi connectivity index (χ2n) is 6.64. The normalized spacial score (nSPS) is 10.6. The SMILES string of the molecule is COC(=O)n1ncc2c(NC(=O)NCc3cccc(-c4ccccc4)c3)cccc21. The van der Waals surface area contributed by atoms with Crippen molar-refractivity contribution in [2.45, 2.75) is 6.54 Å². The van der Waals surface area contributed by atoms with Crippen LogP contribution in [0.2, 0.25) is 0 Å². The molecule has 0 aliphatic heterocycles. The van der Waals surface area contributed by atoms with E-state index in [1.54, 1.807) is 18.2 Å². The molecular formula is C23H20N4O3. The molecular weight excluding hydrogens is 380 g/mol. The summed E-state index contributed by atoms with van der Waals surface area (Å²) >= 11 is 0. The minimum absolute atomic E-state index is 0.349. The van der Waals surface area contributed by atoms with E-state index in [9.17, 15) is 9.59 Å². The number of urea groups is 1. The maximum absolute atomic E-state index is 12.4. The Labute approximate surface area is 173 Å². The van der Waals surface area contributed by atoms with Crippen LogP contribution in [0.25, 0.3) is 22.0 Å². The molecule has 7 nitrogen and oxygen atoms in total. The molecule has 4 aromatic rings. The number of benzene rings is 3. The molecule has 4 rings (SSSR count). The molecule has 0 atom stereocenters. The number of aromatic nitrogens is 2. The second-order valence-corrected chi connectivity index (χ2v) is 6.64. The van der Waals surface area contributed by atoms with E-state index in [0.29, 0.717) is 23.1 Å². The molecule has 0 radical (unpaired) electrons. The van der Waals surface area contributed by atoms with Crippen molar-refractivity contribution in [3.8, 4) is 11.1 Å². The van der Waals surface area contributed by atoms with Gasteiger partial charge in [-0.25, -0.2) is 9.59 Å². The Kier molecular flexibility index (Phi) is 5.43. The van der Waals surface area contributed by atoms with Gasteiger partial charge in [0.2, 0.25) is 0 Å². The predicted molar refractivity (Wildman–Crippen MR) is 115 cm³/mol. The fourth-order valence-corrected chi connectivity index (χ4v) is 3.23. The van der Waals surface area contributed by atoms with E-state index >= 15 is 0 Å². The van der Waals surface area contributed by atoms with Crippen LogP contribution in [-0.2, 0) is 11.3 Å². The molecule has 1 aromatic heterocycles. The molecule has 1 heterocycles. The third-order valence-electron chi connectivity index (χ3n) is 4.70. The minimum Gasteiger partial charge on any atom is -0.451 e. The van der Waals surface area contributed by atoms with Crippen LogP contribution >= 0.6 is 0 Å². The summed E-state index contributed by atoms with van der Waals surface area (Å²) in [5.74, 6) is 0. The lowest BCUT2D eigenvalue weighted by Crippen LogP contribution is -2.28. The van der Waals surface area contributed by atoms with E-state index in [2.05, 4.69) is 21.8 Å². The van der Waals surface area contributed by atoms with Crippen molar-refractivity contribution >= 4 is 28.7 Å². The van der Waals surface area contributed by atoms with E-state index in [-0.39, 0.29) is 6.03 Å². The Morgan fingerprint density at radius 3 is 2.53 bits per heavy atom. The first-order valence-electron chi connectivity index (χ1n) is 9.40. The van der Waals surface area contributed by atoms with Gasteiger partial charge in [-0.2, -0.15) is 9.78 Å². The topological polar surface area (TPSA) is 85.2 Å². The zero-order valence-corrected chi connectivity index (χ0v) is 16.3. The van der Waals surface area contributed by atoms with Gasteiger partial charge in [0, 0.05) is 11.9 Å². The highest BCUT2D eigenvalue weighted by Gasteiger charge is 2.14. The van der Waals surface area contributed by atoms with Crippen molar-refractivity contribution in [3.63, 3.8) is 0 Å². The van der Waals surface area contributed by atoms with Crippen LogP contribution < -0.4 is 10.6 Å². The molecule has 3 aromatic carbocycles. The Bertz CT molecular complexity index is 1200. The summed E-state index contributed by atoms with van der Waals surface area (Å²) in [6.07, 6.45) is 0.926. The number of ether oxygens (including phenoxy) is 1. The highest BCUT2D eigenvalue weighted by Crippen LogP contribution is 2.23. The van der Waals surface area contributed by atoms with Crippen LogP contribution in [0.4, 0.5) is 15.3 Å². The Morgan fingerprint density at radius 2 is 1.73 bits per heavy atom. The van der Waals surface area contributed by atoms with E-state index in [4.69, 9.17) is 4.74 Å². The lowest BCUT2D eigenvalue weighted by molar-refractivity contribution is 0.170.